The van der Waals surface area contributed by atoms with Crippen molar-refractivity contribution in [2.45, 2.75) is 6.54 Å². The smallest absolute Gasteiger partial charge is 0.323 e. The van der Waals surface area contributed by atoms with Gasteiger partial charge in [0.2, 0.25) is 0 Å². The minimum absolute atomic E-state index is 0.346. The summed E-state index contributed by atoms with van der Waals surface area (Å²) in [7, 11) is 0. The predicted molar refractivity (Wildman–Crippen MR) is 97.8 cm³/mol. The Bertz CT molecular complexity index is 908. The van der Waals surface area contributed by atoms with Gasteiger partial charge < -0.3 is 20.1 Å². The minimum Gasteiger partial charge on any atom is -0.486 e. The summed E-state index contributed by atoms with van der Waals surface area (Å²) >= 11 is 0. The zero-order chi connectivity index (χ0) is 17.8. The van der Waals surface area contributed by atoms with Crippen molar-refractivity contribution in [3.05, 3.63) is 66.5 Å². The Kier molecular flexibility index (Phi) is 4.42. The molecule has 26 heavy (non-hydrogen) atoms. The highest BCUT2D eigenvalue weighted by Gasteiger charge is 2.13. The highest BCUT2D eigenvalue weighted by Crippen LogP contribution is 2.32. The number of urea groups is 1. The molecule has 1 aliphatic heterocycles. The molecule has 2 amide bonds. The highest BCUT2D eigenvalue weighted by molar-refractivity contribution is 5.99. The Morgan fingerprint density at radius 3 is 2.62 bits per heavy atom. The number of fused-ring (bicyclic) bond motifs is 1. The molecule has 2 heterocycles. The number of anilines is 2. The first-order valence-electron chi connectivity index (χ1n) is 8.30. The van der Waals surface area contributed by atoms with Crippen molar-refractivity contribution < 1.29 is 14.3 Å². The van der Waals surface area contributed by atoms with Crippen LogP contribution in [0.25, 0.3) is 0 Å². The summed E-state index contributed by atoms with van der Waals surface area (Å²) in [6, 6.07) is 15.0. The van der Waals surface area contributed by atoms with Crippen LogP contribution in [0.5, 0.6) is 11.5 Å². The van der Waals surface area contributed by atoms with Crippen LogP contribution in [0.3, 0.4) is 0 Å². The maximum atomic E-state index is 12.2. The molecule has 7 nitrogen and oxygen atoms in total. The Labute approximate surface area is 150 Å². The fourth-order valence-corrected chi connectivity index (χ4v) is 2.70. The third kappa shape index (κ3) is 3.77. The van der Waals surface area contributed by atoms with Crippen LogP contribution < -0.4 is 20.1 Å². The predicted octanol–water partition coefficient (Wildman–Crippen LogP) is 3.35. The quantitative estimate of drug-likeness (QED) is 0.756. The van der Waals surface area contributed by atoms with Crippen molar-refractivity contribution >= 4 is 17.4 Å². The summed E-state index contributed by atoms with van der Waals surface area (Å²) in [6.07, 6.45) is 3.41. The highest BCUT2D eigenvalue weighted by atomic mass is 16.6. The van der Waals surface area contributed by atoms with Gasteiger partial charge in [-0.3, -0.25) is 4.68 Å². The maximum Gasteiger partial charge on any atom is 0.323 e. The number of rotatable bonds is 4. The summed E-state index contributed by atoms with van der Waals surface area (Å²) in [5.41, 5.74) is 2.39. The van der Waals surface area contributed by atoms with Crippen LogP contribution >= 0.6 is 0 Å². The van der Waals surface area contributed by atoms with Gasteiger partial charge in [-0.05, 0) is 17.7 Å². The SMILES string of the molecule is O=C(Nc1ccc2c(c1)OCCO2)Nc1cnn(Cc2ccccc2)c1. The van der Waals surface area contributed by atoms with Gasteiger partial charge in [-0.1, -0.05) is 30.3 Å². The van der Waals surface area contributed by atoms with E-state index in [1.807, 2.05) is 30.3 Å². The molecule has 0 spiro atoms. The molecule has 1 aromatic heterocycles. The monoisotopic (exact) mass is 350 g/mol. The van der Waals surface area contributed by atoms with Crippen LogP contribution in [0.15, 0.2) is 60.9 Å². The molecule has 0 fully saturated rings. The van der Waals surface area contributed by atoms with E-state index in [2.05, 4.69) is 15.7 Å². The van der Waals surface area contributed by atoms with E-state index in [1.165, 1.54) is 0 Å². The van der Waals surface area contributed by atoms with Gasteiger partial charge in [0.15, 0.2) is 11.5 Å². The molecular formula is C19H18N4O3. The van der Waals surface area contributed by atoms with Crippen LogP contribution in [-0.4, -0.2) is 29.0 Å². The Morgan fingerprint density at radius 1 is 1.00 bits per heavy atom. The van der Waals surface area contributed by atoms with E-state index in [4.69, 9.17) is 9.47 Å². The van der Waals surface area contributed by atoms with E-state index in [1.54, 1.807) is 35.3 Å². The van der Waals surface area contributed by atoms with Gasteiger partial charge in [-0.2, -0.15) is 5.10 Å². The molecule has 3 aromatic rings. The molecule has 132 valence electrons. The molecule has 4 rings (SSSR count). The fourth-order valence-electron chi connectivity index (χ4n) is 2.70. The zero-order valence-corrected chi connectivity index (χ0v) is 14.0. The van der Waals surface area contributed by atoms with Crippen LogP contribution in [0, 0.1) is 0 Å². The molecule has 0 aliphatic carbocycles. The lowest BCUT2D eigenvalue weighted by Gasteiger charge is -2.19. The molecule has 0 saturated carbocycles. The summed E-state index contributed by atoms with van der Waals surface area (Å²) < 4.78 is 12.8. The van der Waals surface area contributed by atoms with Gasteiger partial charge in [0, 0.05) is 18.0 Å². The average Bonchev–Trinajstić information content (AvgIpc) is 3.09. The second-order valence-electron chi connectivity index (χ2n) is 5.85. The van der Waals surface area contributed by atoms with E-state index in [9.17, 15) is 4.79 Å². The van der Waals surface area contributed by atoms with Crippen molar-refractivity contribution in [3.8, 4) is 11.5 Å². The largest absolute Gasteiger partial charge is 0.486 e. The van der Waals surface area contributed by atoms with Gasteiger partial charge in [-0.25, -0.2) is 4.79 Å². The number of carbonyl (C=O) groups excluding carboxylic acids is 1. The van der Waals surface area contributed by atoms with Crippen molar-refractivity contribution in [2.75, 3.05) is 23.8 Å². The van der Waals surface area contributed by atoms with Gasteiger partial charge in [0.05, 0.1) is 18.4 Å². The lowest BCUT2D eigenvalue weighted by atomic mass is 10.2. The molecule has 0 radical (unpaired) electrons. The standard InChI is InChI=1S/C19H18N4O3/c24-19(21-15-6-7-17-18(10-15)26-9-8-25-17)22-16-11-20-23(13-16)12-14-4-2-1-3-5-14/h1-7,10-11,13H,8-9,12H2,(H2,21,22,24). The number of carbonyl (C=O) groups is 1. The van der Waals surface area contributed by atoms with E-state index in [0.717, 1.165) is 5.56 Å². The number of ether oxygens (including phenoxy) is 2. The average molecular weight is 350 g/mol. The molecule has 2 aromatic carbocycles. The number of aromatic nitrogens is 2. The summed E-state index contributed by atoms with van der Waals surface area (Å²) in [4.78, 5) is 12.2. The van der Waals surface area contributed by atoms with Crippen molar-refractivity contribution in [3.63, 3.8) is 0 Å². The topological polar surface area (TPSA) is 77.4 Å². The number of nitrogens with zero attached hydrogens (tertiary/aromatic N) is 2. The van der Waals surface area contributed by atoms with Crippen LogP contribution in [0.4, 0.5) is 16.2 Å². The molecular weight excluding hydrogens is 332 g/mol. The van der Waals surface area contributed by atoms with Crippen LogP contribution in [-0.2, 0) is 6.54 Å². The van der Waals surface area contributed by atoms with Gasteiger partial charge in [0.1, 0.15) is 13.2 Å². The second kappa shape index (κ2) is 7.18. The third-order valence-corrected chi connectivity index (χ3v) is 3.88. The Balaban J connectivity index is 1.36. The van der Waals surface area contributed by atoms with Crippen molar-refractivity contribution in [1.29, 1.82) is 0 Å². The van der Waals surface area contributed by atoms with Crippen LogP contribution in [0.2, 0.25) is 0 Å². The Morgan fingerprint density at radius 2 is 1.77 bits per heavy atom. The van der Waals surface area contributed by atoms with E-state index in [-0.39, 0.29) is 6.03 Å². The van der Waals surface area contributed by atoms with Crippen LogP contribution in [0.1, 0.15) is 5.56 Å². The lowest BCUT2D eigenvalue weighted by molar-refractivity contribution is 0.171. The lowest BCUT2D eigenvalue weighted by Crippen LogP contribution is -2.20. The fraction of sp³-hybridized carbons (Fsp3) is 0.158. The first-order valence-corrected chi connectivity index (χ1v) is 8.30. The number of hydrogen-bond donors (Lipinski definition) is 2. The first-order chi connectivity index (χ1) is 12.8. The van der Waals surface area contributed by atoms with Crippen molar-refractivity contribution in [1.82, 2.24) is 9.78 Å². The second-order valence-corrected chi connectivity index (χ2v) is 5.85. The molecule has 2 N–H and O–H groups in total. The molecule has 0 bridgehead atoms. The summed E-state index contributed by atoms with van der Waals surface area (Å²) in [5.74, 6) is 1.31. The number of amides is 2. The molecule has 0 unspecified atom stereocenters. The number of benzene rings is 2. The van der Waals surface area contributed by atoms with E-state index < -0.39 is 0 Å². The van der Waals surface area contributed by atoms with Gasteiger partial charge >= 0.3 is 6.03 Å². The maximum absolute atomic E-state index is 12.2. The van der Waals surface area contributed by atoms with Gasteiger partial charge in [-0.15, -0.1) is 0 Å². The third-order valence-electron chi connectivity index (χ3n) is 3.88. The number of nitrogens with one attached hydrogen (secondary N) is 2. The minimum atomic E-state index is -0.346. The van der Waals surface area contributed by atoms with E-state index >= 15 is 0 Å². The van der Waals surface area contributed by atoms with E-state index in [0.29, 0.717) is 42.6 Å². The zero-order valence-electron chi connectivity index (χ0n) is 14.0. The van der Waals surface area contributed by atoms with Crippen molar-refractivity contribution in [2.24, 2.45) is 0 Å². The molecule has 0 saturated heterocycles. The molecule has 7 heteroatoms. The number of hydrogen-bond acceptors (Lipinski definition) is 4. The summed E-state index contributed by atoms with van der Waals surface area (Å²) in [5, 5.41) is 9.81. The normalized spacial score (nSPS) is 12.5. The summed E-state index contributed by atoms with van der Waals surface area (Å²) in [6.45, 7) is 1.68. The first kappa shape index (κ1) is 16.0. The molecule has 0 atom stereocenters. The Hall–Kier alpha value is -3.48. The molecule has 1 aliphatic rings. The van der Waals surface area contributed by atoms with Gasteiger partial charge in [0.25, 0.3) is 0 Å².